The predicted octanol–water partition coefficient (Wildman–Crippen LogP) is 5.22. The molecule has 0 unspecified atom stereocenters. The fourth-order valence-corrected chi connectivity index (χ4v) is 4.25. The zero-order valence-electron chi connectivity index (χ0n) is 14.6. The Balaban J connectivity index is 1.55. The van der Waals surface area contributed by atoms with Crippen LogP contribution in [0.5, 0.6) is 0 Å². The zero-order chi connectivity index (χ0) is 18.5. The topological polar surface area (TPSA) is 86.0 Å². The maximum absolute atomic E-state index is 4.82. The summed E-state index contributed by atoms with van der Waals surface area (Å²) in [7, 11) is 0. The van der Waals surface area contributed by atoms with Gasteiger partial charge in [0.05, 0.1) is 23.1 Å². The number of nitrogens with zero attached hydrogens (tertiary/aromatic N) is 3. The molecule has 6 rings (SSSR count). The molecule has 0 atom stereocenters. The van der Waals surface area contributed by atoms with Gasteiger partial charge in [-0.1, -0.05) is 12.1 Å². The number of aromatic amines is 3. The van der Waals surface area contributed by atoms with Crippen LogP contribution in [0.1, 0.15) is 0 Å². The van der Waals surface area contributed by atoms with E-state index in [-0.39, 0.29) is 0 Å². The lowest BCUT2D eigenvalue weighted by atomic mass is 10.0. The summed E-state index contributed by atoms with van der Waals surface area (Å²) in [5, 5.41) is 19.9. The van der Waals surface area contributed by atoms with Crippen LogP contribution in [0.15, 0.2) is 65.6 Å². The van der Waals surface area contributed by atoms with Gasteiger partial charge in [0.2, 0.25) is 0 Å². The van der Waals surface area contributed by atoms with Crippen molar-refractivity contribution < 1.29 is 0 Å². The van der Waals surface area contributed by atoms with Crippen LogP contribution in [0.4, 0.5) is 0 Å². The van der Waals surface area contributed by atoms with Crippen molar-refractivity contribution in [2.24, 2.45) is 0 Å². The van der Waals surface area contributed by atoms with Crippen LogP contribution in [0.3, 0.4) is 0 Å². The van der Waals surface area contributed by atoms with Crippen molar-refractivity contribution in [3.05, 3.63) is 65.6 Å². The van der Waals surface area contributed by atoms with Crippen LogP contribution >= 0.6 is 11.3 Å². The summed E-state index contributed by atoms with van der Waals surface area (Å²) >= 11 is 1.70. The van der Waals surface area contributed by atoms with Gasteiger partial charge in [-0.3, -0.25) is 10.2 Å². The SMILES string of the molecule is c1cc(-c2ccsc2)c2cc(-c3n[nH]c4ccc(-c5cn[nH]c5)nc34)[nH]c2c1. The summed E-state index contributed by atoms with van der Waals surface area (Å²) in [6.45, 7) is 0. The number of nitrogens with one attached hydrogen (secondary N) is 3. The van der Waals surface area contributed by atoms with E-state index in [1.54, 1.807) is 17.5 Å². The molecule has 1 aromatic carbocycles. The van der Waals surface area contributed by atoms with Gasteiger partial charge >= 0.3 is 0 Å². The molecule has 7 heteroatoms. The van der Waals surface area contributed by atoms with E-state index in [9.17, 15) is 0 Å². The van der Waals surface area contributed by atoms with Crippen LogP contribution in [-0.2, 0) is 0 Å². The second-order valence-corrected chi connectivity index (χ2v) is 7.39. The predicted molar refractivity (Wildman–Crippen MR) is 112 cm³/mol. The highest BCUT2D eigenvalue weighted by molar-refractivity contribution is 7.08. The molecule has 0 radical (unpaired) electrons. The van der Waals surface area contributed by atoms with Crippen LogP contribution in [0.25, 0.3) is 55.7 Å². The van der Waals surface area contributed by atoms with Crippen molar-refractivity contribution in [3.8, 4) is 33.8 Å². The highest BCUT2D eigenvalue weighted by Crippen LogP contribution is 2.34. The van der Waals surface area contributed by atoms with E-state index in [2.05, 4.69) is 66.5 Å². The second-order valence-electron chi connectivity index (χ2n) is 6.61. The molecule has 0 saturated heterocycles. The molecule has 0 bridgehead atoms. The zero-order valence-corrected chi connectivity index (χ0v) is 15.4. The third-order valence-electron chi connectivity index (χ3n) is 4.95. The highest BCUT2D eigenvalue weighted by Gasteiger charge is 2.15. The Kier molecular flexibility index (Phi) is 3.24. The molecule has 0 amide bonds. The van der Waals surface area contributed by atoms with Crippen molar-refractivity contribution in [1.29, 1.82) is 0 Å². The van der Waals surface area contributed by atoms with Crippen molar-refractivity contribution in [2.75, 3.05) is 0 Å². The lowest BCUT2D eigenvalue weighted by Crippen LogP contribution is -1.84. The Morgan fingerprint density at radius 2 is 1.96 bits per heavy atom. The average Bonchev–Trinajstić information content (AvgIpc) is 3.53. The maximum atomic E-state index is 4.82. The van der Waals surface area contributed by atoms with Crippen molar-refractivity contribution in [2.45, 2.75) is 0 Å². The van der Waals surface area contributed by atoms with E-state index in [0.29, 0.717) is 0 Å². The summed E-state index contributed by atoms with van der Waals surface area (Å²) in [4.78, 5) is 8.33. The van der Waals surface area contributed by atoms with E-state index < -0.39 is 0 Å². The lowest BCUT2D eigenvalue weighted by molar-refractivity contribution is 1.09. The molecule has 28 heavy (non-hydrogen) atoms. The van der Waals surface area contributed by atoms with Crippen molar-refractivity contribution in [3.63, 3.8) is 0 Å². The molecule has 5 aromatic heterocycles. The second kappa shape index (κ2) is 5.90. The Labute approximate surface area is 163 Å². The molecule has 0 aliphatic heterocycles. The first-order valence-corrected chi connectivity index (χ1v) is 9.80. The molecular formula is C21H14N6S. The number of H-pyrrole nitrogens is 3. The van der Waals surface area contributed by atoms with Gasteiger partial charge < -0.3 is 4.98 Å². The first-order chi connectivity index (χ1) is 13.9. The Bertz CT molecular complexity index is 1410. The molecule has 0 saturated carbocycles. The van der Waals surface area contributed by atoms with Crippen molar-refractivity contribution >= 4 is 33.3 Å². The standard InChI is InChI=1S/C21H14N6S/c1-2-14(12-6-7-28-11-12)15-8-19(24-17(15)3-1)21-20-18(26-27-21)5-4-16(25-20)13-9-22-23-10-13/h1-11,24H,(H,22,23)(H,26,27). The third-order valence-corrected chi connectivity index (χ3v) is 5.64. The van der Waals surface area contributed by atoms with Gasteiger partial charge in [0.1, 0.15) is 11.2 Å². The van der Waals surface area contributed by atoms with E-state index in [1.807, 2.05) is 18.3 Å². The van der Waals surface area contributed by atoms with E-state index >= 15 is 0 Å². The molecule has 5 heterocycles. The molecule has 3 N–H and O–H groups in total. The van der Waals surface area contributed by atoms with Crippen LogP contribution in [0.2, 0.25) is 0 Å². The largest absolute Gasteiger partial charge is 0.353 e. The summed E-state index contributed by atoms with van der Waals surface area (Å²) < 4.78 is 0. The summed E-state index contributed by atoms with van der Waals surface area (Å²) in [5.41, 5.74) is 8.83. The number of fused-ring (bicyclic) bond motifs is 2. The van der Waals surface area contributed by atoms with Crippen LogP contribution in [-0.4, -0.2) is 30.4 Å². The highest BCUT2D eigenvalue weighted by atomic mass is 32.1. The van der Waals surface area contributed by atoms with Gasteiger partial charge in [0, 0.05) is 22.7 Å². The van der Waals surface area contributed by atoms with Gasteiger partial charge in [-0.25, -0.2) is 4.98 Å². The number of hydrogen-bond acceptors (Lipinski definition) is 4. The molecule has 0 fully saturated rings. The first-order valence-electron chi connectivity index (χ1n) is 8.86. The van der Waals surface area contributed by atoms with Gasteiger partial charge in [0.15, 0.2) is 0 Å². The number of thiophene rings is 1. The van der Waals surface area contributed by atoms with Crippen LogP contribution < -0.4 is 0 Å². The smallest absolute Gasteiger partial charge is 0.135 e. The third kappa shape index (κ3) is 2.30. The fourth-order valence-electron chi connectivity index (χ4n) is 3.59. The quantitative estimate of drug-likeness (QED) is 0.392. The Morgan fingerprint density at radius 3 is 2.82 bits per heavy atom. The number of hydrogen-bond donors (Lipinski definition) is 3. The minimum atomic E-state index is 0.813. The number of benzene rings is 1. The summed E-state index contributed by atoms with van der Waals surface area (Å²) in [6, 6.07) is 14.6. The minimum Gasteiger partial charge on any atom is -0.353 e. The summed E-state index contributed by atoms with van der Waals surface area (Å²) in [5.74, 6) is 0. The number of aromatic nitrogens is 6. The molecule has 134 valence electrons. The van der Waals surface area contributed by atoms with Gasteiger partial charge in [0.25, 0.3) is 0 Å². The van der Waals surface area contributed by atoms with Crippen LogP contribution in [0, 0.1) is 0 Å². The Morgan fingerprint density at radius 1 is 0.964 bits per heavy atom. The van der Waals surface area contributed by atoms with Gasteiger partial charge in [-0.05, 0) is 52.2 Å². The molecule has 0 spiro atoms. The molecule has 6 nitrogen and oxygen atoms in total. The van der Waals surface area contributed by atoms with E-state index in [0.717, 1.165) is 39.2 Å². The normalized spacial score (nSPS) is 11.6. The molecule has 0 aliphatic carbocycles. The first kappa shape index (κ1) is 15.4. The molecule has 6 aromatic rings. The van der Waals surface area contributed by atoms with Gasteiger partial charge in [-0.15, -0.1) is 0 Å². The lowest BCUT2D eigenvalue weighted by Gasteiger charge is -1.99. The number of pyridine rings is 1. The van der Waals surface area contributed by atoms with Crippen molar-refractivity contribution in [1.82, 2.24) is 30.4 Å². The fraction of sp³-hybridized carbons (Fsp3) is 0. The summed E-state index contributed by atoms with van der Waals surface area (Å²) in [6.07, 6.45) is 3.61. The minimum absolute atomic E-state index is 0.813. The number of rotatable bonds is 3. The maximum Gasteiger partial charge on any atom is 0.135 e. The Hall–Kier alpha value is -3.71. The molecular weight excluding hydrogens is 368 g/mol. The molecule has 0 aliphatic rings. The monoisotopic (exact) mass is 382 g/mol. The van der Waals surface area contributed by atoms with Gasteiger partial charge in [-0.2, -0.15) is 21.5 Å². The van der Waals surface area contributed by atoms with E-state index in [1.165, 1.54) is 16.5 Å². The average molecular weight is 382 g/mol. The van der Waals surface area contributed by atoms with E-state index in [4.69, 9.17) is 4.98 Å².